The van der Waals surface area contributed by atoms with Crippen molar-refractivity contribution in [2.75, 3.05) is 70.8 Å². The van der Waals surface area contributed by atoms with Gasteiger partial charge in [0.25, 0.3) is 0 Å². The molecule has 0 aromatic rings. The number of amides is 1. The van der Waals surface area contributed by atoms with E-state index in [9.17, 15) is 14.4 Å². The summed E-state index contributed by atoms with van der Waals surface area (Å²) in [6, 6.07) is -0.709. The molecule has 0 spiro atoms. The van der Waals surface area contributed by atoms with E-state index in [1.807, 2.05) is 0 Å². The Kier molecular flexibility index (Phi) is 39.6. The van der Waals surface area contributed by atoms with E-state index < -0.39 is 12.1 Å². The van der Waals surface area contributed by atoms with Gasteiger partial charge in [0.1, 0.15) is 12.7 Å². The second kappa shape index (κ2) is 40.7. The van der Waals surface area contributed by atoms with E-state index in [1.54, 1.807) is 0 Å². The Hall–Kier alpha value is -1.44. The van der Waals surface area contributed by atoms with E-state index in [1.165, 1.54) is 88.8 Å². The molecule has 0 aromatic heterocycles. The van der Waals surface area contributed by atoms with Crippen molar-refractivity contribution in [1.29, 1.82) is 0 Å². The van der Waals surface area contributed by atoms with E-state index in [-0.39, 0.29) is 24.5 Å². The highest BCUT2D eigenvalue weighted by atomic mass is 32.2. The number of unbranched alkanes of at least 4 members (excludes halogenated alkanes) is 16. The third kappa shape index (κ3) is 36.9. The van der Waals surface area contributed by atoms with Crippen molar-refractivity contribution in [1.82, 2.24) is 5.32 Å². The summed E-state index contributed by atoms with van der Waals surface area (Å²) in [5, 5.41) is 2.85. The van der Waals surface area contributed by atoms with Gasteiger partial charge >= 0.3 is 11.9 Å². The summed E-state index contributed by atoms with van der Waals surface area (Å²) in [7, 11) is 0. The van der Waals surface area contributed by atoms with Crippen LogP contribution in [0.4, 0.5) is 0 Å². The van der Waals surface area contributed by atoms with E-state index in [0.717, 1.165) is 44.9 Å². The molecule has 0 heterocycles. The maximum absolute atomic E-state index is 12.7. The molecule has 1 amide bonds. The SMILES string of the molecule is CCCCCCCCCCCC(=O)OC[C@H](CSC[C@@H](N)C(=O)NCCCOCCOCCOCCCN)OC(=O)CCCCCCCCCCC. The van der Waals surface area contributed by atoms with Crippen LogP contribution in [-0.2, 0) is 38.1 Å². The lowest BCUT2D eigenvalue weighted by molar-refractivity contribution is -0.157. The molecular weight excluding hydrogens is 683 g/mol. The molecule has 0 fully saturated rings. The number of ether oxygens (including phenoxy) is 5. The van der Waals surface area contributed by atoms with Gasteiger partial charge in [-0.1, -0.05) is 117 Å². The Labute approximate surface area is 321 Å². The first kappa shape index (κ1) is 50.6. The molecule has 0 radical (unpaired) electrons. The van der Waals surface area contributed by atoms with Crippen molar-refractivity contribution in [3.8, 4) is 0 Å². The first-order chi connectivity index (χ1) is 25.4. The number of nitrogens with two attached hydrogens (primary N) is 2. The van der Waals surface area contributed by atoms with Gasteiger partial charge in [-0.15, -0.1) is 0 Å². The van der Waals surface area contributed by atoms with Crippen molar-refractivity contribution < 1.29 is 38.1 Å². The van der Waals surface area contributed by atoms with Crippen molar-refractivity contribution in [2.24, 2.45) is 11.5 Å². The Bertz CT molecular complexity index is 811. The van der Waals surface area contributed by atoms with Crippen LogP contribution in [0.1, 0.15) is 155 Å². The van der Waals surface area contributed by atoms with Crippen LogP contribution in [0, 0.1) is 0 Å². The molecule has 0 aliphatic heterocycles. The van der Waals surface area contributed by atoms with Crippen molar-refractivity contribution in [3.05, 3.63) is 0 Å². The number of esters is 2. The van der Waals surface area contributed by atoms with Crippen molar-refractivity contribution in [3.63, 3.8) is 0 Å². The van der Waals surface area contributed by atoms with Gasteiger partial charge in [0.05, 0.1) is 32.5 Å². The molecule has 12 heteroatoms. The Morgan fingerprint density at radius 1 is 0.577 bits per heavy atom. The minimum atomic E-state index is -0.709. The molecule has 5 N–H and O–H groups in total. The van der Waals surface area contributed by atoms with Crippen LogP contribution in [0.5, 0.6) is 0 Å². The van der Waals surface area contributed by atoms with Gasteiger partial charge in [-0.05, 0) is 32.2 Å². The summed E-state index contributed by atoms with van der Waals surface area (Å²) < 4.78 is 27.7. The second-order valence-electron chi connectivity index (χ2n) is 13.7. The third-order valence-corrected chi connectivity index (χ3v) is 9.84. The minimum absolute atomic E-state index is 0.0157. The van der Waals surface area contributed by atoms with Crippen LogP contribution in [0.15, 0.2) is 0 Å². The quantitative estimate of drug-likeness (QED) is 0.0425. The number of thioether (sulfide) groups is 1. The lowest BCUT2D eigenvalue weighted by atomic mass is 10.1. The van der Waals surface area contributed by atoms with E-state index in [0.29, 0.717) is 83.5 Å². The molecule has 0 aliphatic rings. The molecule has 0 aliphatic carbocycles. The van der Waals surface area contributed by atoms with Gasteiger partial charge in [0, 0.05) is 44.1 Å². The van der Waals surface area contributed by atoms with Crippen LogP contribution in [0.3, 0.4) is 0 Å². The lowest BCUT2D eigenvalue weighted by Crippen LogP contribution is -2.43. The van der Waals surface area contributed by atoms with Gasteiger partial charge in [-0.3, -0.25) is 14.4 Å². The molecular formula is C40H79N3O8S. The molecule has 52 heavy (non-hydrogen) atoms. The Morgan fingerprint density at radius 2 is 1.04 bits per heavy atom. The fourth-order valence-electron chi connectivity index (χ4n) is 5.43. The summed E-state index contributed by atoms with van der Waals surface area (Å²) in [5.74, 6) is -0.0209. The number of carbonyl (C=O) groups excluding carboxylic acids is 3. The largest absolute Gasteiger partial charge is 0.462 e. The molecule has 0 saturated carbocycles. The topological polar surface area (TPSA) is 161 Å². The lowest BCUT2D eigenvalue weighted by Gasteiger charge is -2.19. The molecule has 0 bridgehead atoms. The zero-order valence-electron chi connectivity index (χ0n) is 33.3. The maximum Gasteiger partial charge on any atom is 0.306 e. The molecule has 308 valence electrons. The average Bonchev–Trinajstić information content (AvgIpc) is 3.14. The molecule has 11 nitrogen and oxygen atoms in total. The Morgan fingerprint density at radius 3 is 1.56 bits per heavy atom. The van der Waals surface area contributed by atoms with Crippen LogP contribution < -0.4 is 16.8 Å². The van der Waals surface area contributed by atoms with E-state index in [2.05, 4.69) is 19.2 Å². The van der Waals surface area contributed by atoms with Crippen molar-refractivity contribution in [2.45, 2.75) is 167 Å². The first-order valence-corrected chi connectivity index (χ1v) is 22.0. The van der Waals surface area contributed by atoms with Crippen LogP contribution in [0.25, 0.3) is 0 Å². The number of hydrogen-bond donors (Lipinski definition) is 3. The van der Waals surface area contributed by atoms with Crippen LogP contribution in [0.2, 0.25) is 0 Å². The number of rotatable bonds is 41. The minimum Gasteiger partial charge on any atom is -0.462 e. The molecule has 0 saturated heterocycles. The molecule has 0 rings (SSSR count). The van der Waals surface area contributed by atoms with Gasteiger partial charge in [0.2, 0.25) is 5.91 Å². The number of hydrogen-bond acceptors (Lipinski definition) is 11. The van der Waals surface area contributed by atoms with Crippen LogP contribution >= 0.6 is 11.8 Å². The highest BCUT2D eigenvalue weighted by Gasteiger charge is 2.20. The van der Waals surface area contributed by atoms with E-state index >= 15 is 0 Å². The maximum atomic E-state index is 12.7. The fraction of sp³-hybridized carbons (Fsp3) is 0.925. The predicted octanol–water partition coefficient (Wildman–Crippen LogP) is 7.25. The number of carbonyl (C=O) groups is 3. The zero-order chi connectivity index (χ0) is 38.2. The molecule has 2 atom stereocenters. The summed E-state index contributed by atoms with van der Waals surface area (Å²) in [6.07, 6.45) is 22.8. The van der Waals surface area contributed by atoms with Crippen molar-refractivity contribution >= 4 is 29.6 Å². The summed E-state index contributed by atoms with van der Waals surface area (Å²) in [5.41, 5.74) is 11.6. The van der Waals surface area contributed by atoms with Crippen LogP contribution in [-0.4, -0.2) is 101 Å². The first-order valence-electron chi connectivity index (χ1n) is 20.8. The van der Waals surface area contributed by atoms with Gasteiger partial charge in [-0.2, -0.15) is 11.8 Å². The standard InChI is InChI=1S/C40H79N3O8S/c1-3-5-7-9-11-13-15-17-19-23-38(44)50-33-36(51-39(45)24-20-18-16-14-12-10-8-6-4-2)34-52-35-37(42)40(46)43-26-22-28-48-30-32-49-31-29-47-27-21-25-41/h36-37H,3-35,41-42H2,1-2H3,(H,43,46)/t36-,37-/m1/s1. The molecule has 0 unspecified atom stereocenters. The van der Waals surface area contributed by atoms with Gasteiger partial charge in [0.15, 0.2) is 0 Å². The van der Waals surface area contributed by atoms with Gasteiger partial charge < -0.3 is 40.5 Å². The smallest absolute Gasteiger partial charge is 0.306 e. The predicted molar refractivity (Wildman–Crippen MR) is 214 cm³/mol. The zero-order valence-corrected chi connectivity index (χ0v) is 34.1. The molecule has 0 aromatic carbocycles. The number of nitrogens with one attached hydrogen (secondary N) is 1. The normalized spacial score (nSPS) is 12.5. The second-order valence-corrected chi connectivity index (χ2v) is 14.8. The monoisotopic (exact) mass is 762 g/mol. The summed E-state index contributed by atoms with van der Waals surface area (Å²) in [4.78, 5) is 37.7. The van der Waals surface area contributed by atoms with Gasteiger partial charge in [-0.25, -0.2) is 0 Å². The third-order valence-electron chi connectivity index (χ3n) is 8.64. The fourth-order valence-corrected chi connectivity index (χ4v) is 6.39. The average molecular weight is 762 g/mol. The summed E-state index contributed by atoms with van der Waals surface area (Å²) >= 11 is 1.42. The highest BCUT2D eigenvalue weighted by Crippen LogP contribution is 2.14. The highest BCUT2D eigenvalue weighted by molar-refractivity contribution is 7.99. The Balaban J connectivity index is 4.37. The summed E-state index contributed by atoms with van der Waals surface area (Å²) in [6.45, 7) is 8.74. The van der Waals surface area contributed by atoms with E-state index in [4.69, 9.17) is 35.2 Å².